The predicted octanol–water partition coefficient (Wildman–Crippen LogP) is 3.83. The zero-order valence-electron chi connectivity index (χ0n) is 14.0. The average molecular weight is 338 g/mol. The molecule has 1 aliphatic rings. The second-order valence-electron chi connectivity index (χ2n) is 6.79. The molecular formula is C19H19FN4O. The van der Waals surface area contributed by atoms with E-state index in [4.69, 9.17) is 10.3 Å². The van der Waals surface area contributed by atoms with Gasteiger partial charge in [0.05, 0.1) is 5.41 Å². The van der Waals surface area contributed by atoms with Gasteiger partial charge in [0, 0.05) is 11.8 Å². The molecule has 6 heteroatoms. The van der Waals surface area contributed by atoms with Gasteiger partial charge in [0.15, 0.2) is 0 Å². The van der Waals surface area contributed by atoms with Crippen LogP contribution in [0.2, 0.25) is 0 Å². The molecule has 0 radical (unpaired) electrons. The molecule has 0 spiro atoms. The fraction of sp³-hybridized carbons (Fsp3) is 0.316. The first-order valence-electron chi connectivity index (χ1n) is 8.37. The quantitative estimate of drug-likeness (QED) is 0.782. The molecule has 0 aliphatic heterocycles. The van der Waals surface area contributed by atoms with Crippen molar-refractivity contribution < 1.29 is 8.91 Å². The van der Waals surface area contributed by atoms with Crippen LogP contribution in [0.3, 0.4) is 0 Å². The van der Waals surface area contributed by atoms with Crippen LogP contribution in [0.5, 0.6) is 0 Å². The van der Waals surface area contributed by atoms with Crippen molar-refractivity contribution in [3.05, 3.63) is 59.4 Å². The van der Waals surface area contributed by atoms with Crippen LogP contribution in [0.4, 0.5) is 10.2 Å². The summed E-state index contributed by atoms with van der Waals surface area (Å²) in [4.78, 5) is 8.75. The van der Waals surface area contributed by atoms with Crippen molar-refractivity contribution in [1.29, 1.82) is 0 Å². The monoisotopic (exact) mass is 338 g/mol. The Bertz CT molecular complexity index is 917. The van der Waals surface area contributed by atoms with Gasteiger partial charge < -0.3 is 10.3 Å². The third kappa shape index (κ3) is 2.88. The van der Waals surface area contributed by atoms with E-state index in [0.717, 1.165) is 36.0 Å². The molecule has 4 rings (SSSR count). The molecule has 1 aliphatic carbocycles. The molecule has 0 saturated heterocycles. The Morgan fingerprint density at radius 2 is 2.12 bits per heavy atom. The van der Waals surface area contributed by atoms with Crippen molar-refractivity contribution in [2.24, 2.45) is 0 Å². The summed E-state index contributed by atoms with van der Waals surface area (Å²) in [5.41, 5.74) is 8.21. The van der Waals surface area contributed by atoms with Gasteiger partial charge in [-0.15, -0.1) is 0 Å². The molecule has 2 aromatic heterocycles. The van der Waals surface area contributed by atoms with Gasteiger partial charge in [-0.3, -0.25) is 0 Å². The first-order chi connectivity index (χ1) is 12.1. The molecule has 128 valence electrons. The van der Waals surface area contributed by atoms with Crippen LogP contribution in [0.25, 0.3) is 11.4 Å². The molecule has 3 aromatic rings. The number of nitrogen functional groups attached to an aromatic ring is 1. The minimum atomic E-state index is -0.221. The number of rotatable bonds is 4. The molecule has 5 nitrogen and oxygen atoms in total. The van der Waals surface area contributed by atoms with Crippen molar-refractivity contribution >= 4 is 5.82 Å². The maximum Gasteiger partial charge on any atom is 0.233 e. The van der Waals surface area contributed by atoms with E-state index in [1.165, 1.54) is 6.07 Å². The van der Waals surface area contributed by atoms with Crippen LogP contribution in [0.1, 0.15) is 36.3 Å². The van der Waals surface area contributed by atoms with Gasteiger partial charge in [0.1, 0.15) is 11.6 Å². The summed E-state index contributed by atoms with van der Waals surface area (Å²) in [5.74, 6) is 1.38. The minimum Gasteiger partial charge on any atom is -0.384 e. The fourth-order valence-electron chi connectivity index (χ4n) is 3.47. The van der Waals surface area contributed by atoms with E-state index in [0.29, 0.717) is 24.0 Å². The third-order valence-electron chi connectivity index (χ3n) is 4.99. The van der Waals surface area contributed by atoms with E-state index >= 15 is 0 Å². The van der Waals surface area contributed by atoms with E-state index in [1.807, 2.05) is 13.0 Å². The Morgan fingerprint density at radius 1 is 1.28 bits per heavy atom. The fourth-order valence-corrected chi connectivity index (χ4v) is 3.47. The number of aryl methyl sites for hydroxylation is 1. The summed E-state index contributed by atoms with van der Waals surface area (Å²) < 4.78 is 19.1. The summed E-state index contributed by atoms with van der Waals surface area (Å²) in [7, 11) is 0. The van der Waals surface area contributed by atoms with Crippen molar-refractivity contribution in [3.63, 3.8) is 0 Å². The summed E-state index contributed by atoms with van der Waals surface area (Å²) >= 11 is 0. The number of hydrogen-bond acceptors (Lipinski definition) is 5. The highest BCUT2D eigenvalue weighted by atomic mass is 19.1. The SMILES string of the molecule is Cc1cc(N)ncc1-c1noc(C2(Cc3cccc(F)c3)CCC2)n1. The first-order valence-corrected chi connectivity index (χ1v) is 8.37. The summed E-state index contributed by atoms with van der Waals surface area (Å²) in [6.07, 6.45) is 5.40. The molecule has 0 atom stereocenters. The van der Waals surface area contributed by atoms with Crippen LogP contribution in [0, 0.1) is 12.7 Å². The van der Waals surface area contributed by atoms with E-state index in [1.54, 1.807) is 24.4 Å². The Labute approximate surface area is 145 Å². The molecule has 1 saturated carbocycles. The van der Waals surface area contributed by atoms with Gasteiger partial charge in [-0.1, -0.05) is 23.7 Å². The minimum absolute atomic E-state index is 0.200. The van der Waals surface area contributed by atoms with Gasteiger partial charge in [-0.2, -0.15) is 4.98 Å². The van der Waals surface area contributed by atoms with Crippen molar-refractivity contribution in [3.8, 4) is 11.4 Å². The highest BCUT2D eigenvalue weighted by Crippen LogP contribution is 2.46. The molecule has 2 N–H and O–H groups in total. The predicted molar refractivity (Wildman–Crippen MR) is 92.3 cm³/mol. The van der Waals surface area contributed by atoms with Crippen LogP contribution < -0.4 is 5.73 Å². The molecule has 0 amide bonds. The molecule has 25 heavy (non-hydrogen) atoms. The number of halogens is 1. The number of aromatic nitrogens is 3. The lowest BCUT2D eigenvalue weighted by atomic mass is 9.65. The maximum atomic E-state index is 13.5. The van der Waals surface area contributed by atoms with Gasteiger partial charge in [0.25, 0.3) is 0 Å². The number of pyridine rings is 1. The summed E-state index contributed by atoms with van der Waals surface area (Å²) in [5, 5.41) is 4.14. The summed E-state index contributed by atoms with van der Waals surface area (Å²) in [6, 6.07) is 8.50. The van der Waals surface area contributed by atoms with Crippen molar-refractivity contribution in [2.45, 2.75) is 38.0 Å². The normalized spacial score (nSPS) is 15.8. The van der Waals surface area contributed by atoms with Crippen LogP contribution in [-0.4, -0.2) is 15.1 Å². The van der Waals surface area contributed by atoms with Crippen LogP contribution >= 0.6 is 0 Å². The highest BCUT2D eigenvalue weighted by molar-refractivity contribution is 5.60. The number of nitrogens with zero attached hydrogens (tertiary/aromatic N) is 3. The second kappa shape index (κ2) is 5.95. The number of benzene rings is 1. The van der Waals surface area contributed by atoms with Crippen molar-refractivity contribution in [1.82, 2.24) is 15.1 Å². The number of hydrogen-bond donors (Lipinski definition) is 1. The Hall–Kier alpha value is -2.76. The molecule has 1 fully saturated rings. The first kappa shape index (κ1) is 15.7. The molecular weight excluding hydrogens is 319 g/mol. The largest absolute Gasteiger partial charge is 0.384 e. The smallest absolute Gasteiger partial charge is 0.233 e. The number of nitrogens with two attached hydrogens (primary N) is 1. The topological polar surface area (TPSA) is 77.8 Å². The zero-order valence-corrected chi connectivity index (χ0v) is 14.0. The van der Waals surface area contributed by atoms with Gasteiger partial charge >= 0.3 is 0 Å². The van der Waals surface area contributed by atoms with E-state index in [-0.39, 0.29) is 11.2 Å². The maximum absolute atomic E-state index is 13.5. The van der Waals surface area contributed by atoms with E-state index in [9.17, 15) is 4.39 Å². The Balaban J connectivity index is 1.65. The second-order valence-corrected chi connectivity index (χ2v) is 6.79. The lowest BCUT2D eigenvalue weighted by Crippen LogP contribution is -2.37. The van der Waals surface area contributed by atoms with Crippen molar-refractivity contribution in [2.75, 3.05) is 5.73 Å². The lowest BCUT2D eigenvalue weighted by Gasteiger charge is -2.38. The molecule has 2 heterocycles. The number of anilines is 1. The van der Waals surface area contributed by atoms with E-state index < -0.39 is 0 Å². The van der Waals surface area contributed by atoms with Gasteiger partial charge in [-0.05, 0) is 55.5 Å². The third-order valence-corrected chi connectivity index (χ3v) is 4.99. The standard InChI is InChI=1S/C19H19FN4O/c1-12-8-16(21)22-11-15(12)17-23-18(25-24-17)19(6-3-7-19)10-13-4-2-5-14(20)9-13/h2,4-5,8-9,11H,3,6-7,10H2,1H3,(H2,21,22). The molecule has 1 aromatic carbocycles. The van der Waals surface area contributed by atoms with Gasteiger partial charge in [-0.25, -0.2) is 9.37 Å². The van der Waals surface area contributed by atoms with Crippen LogP contribution in [0.15, 0.2) is 41.1 Å². The van der Waals surface area contributed by atoms with Crippen LogP contribution in [-0.2, 0) is 11.8 Å². The summed E-state index contributed by atoms with van der Waals surface area (Å²) in [6.45, 7) is 1.94. The average Bonchev–Trinajstić information content (AvgIpc) is 3.01. The van der Waals surface area contributed by atoms with E-state index in [2.05, 4.69) is 15.1 Å². The zero-order chi connectivity index (χ0) is 17.4. The Morgan fingerprint density at radius 3 is 2.80 bits per heavy atom. The lowest BCUT2D eigenvalue weighted by molar-refractivity contribution is 0.173. The molecule has 0 unspecified atom stereocenters. The van der Waals surface area contributed by atoms with Gasteiger partial charge in [0.2, 0.25) is 11.7 Å². The highest BCUT2D eigenvalue weighted by Gasteiger charge is 2.44. The Kier molecular flexibility index (Phi) is 3.75. The molecule has 0 bridgehead atoms.